The van der Waals surface area contributed by atoms with Crippen LogP contribution < -0.4 is 0 Å². The van der Waals surface area contributed by atoms with Crippen molar-refractivity contribution in [2.24, 2.45) is 0 Å². The Balaban J connectivity index is 2.90. The number of rotatable bonds is 1. The largest absolute Gasteiger partial charge is 0.386 e. The second kappa shape index (κ2) is 2.08. The fourth-order valence-corrected chi connectivity index (χ4v) is 1.11. The summed E-state index contributed by atoms with van der Waals surface area (Å²) < 4.78 is 3.75. The summed E-state index contributed by atoms with van der Waals surface area (Å²) in [4.78, 5) is 0. The van der Waals surface area contributed by atoms with Gasteiger partial charge < -0.3 is 5.11 Å². The van der Waals surface area contributed by atoms with Crippen LogP contribution in [0.15, 0.2) is 5.38 Å². The third-order valence-electron chi connectivity index (χ3n) is 1.05. The molecule has 1 radical (unpaired) electrons. The zero-order valence-corrected chi connectivity index (χ0v) is 6.20. The molecule has 0 saturated carbocycles. The van der Waals surface area contributed by atoms with E-state index in [9.17, 15) is 5.11 Å². The highest BCUT2D eigenvalue weighted by Crippen LogP contribution is 2.18. The van der Waals surface area contributed by atoms with Crippen LogP contribution in [-0.4, -0.2) is 9.48 Å². The van der Waals surface area contributed by atoms with E-state index in [1.165, 1.54) is 11.5 Å². The lowest BCUT2D eigenvalue weighted by Crippen LogP contribution is -2.13. The van der Waals surface area contributed by atoms with Gasteiger partial charge in [-0.25, -0.2) is 0 Å². The molecule has 0 aliphatic carbocycles. The molecule has 0 aliphatic rings. The maximum Gasteiger partial charge on any atom is 0.110 e. The minimum atomic E-state index is -0.785. The topological polar surface area (TPSA) is 33.1 Å². The van der Waals surface area contributed by atoms with Crippen molar-refractivity contribution >= 4 is 11.5 Å². The molecule has 0 spiro atoms. The lowest BCUT2D eigenvalue weighted by Gasteiger charge is -2.12. The maximum atomic E-state index is 9.31. The van der Waals surface area contributed by atoms with Gasteiger partial charge in [-0.1, -0.05) is 0 Å². The zero-order chi connectivity index (χ0) is 6.91. The molecule has 1 rings (SSSR count). The van der Waals surface area contributed by atoms with Crippen LogP contribution in [-0.2, 0) is 5.60 Å². The van der Waals surface area contributed by atoms with Crippen molar-refractivity contribution in [1.82, 2.24) is 4.37 Å². The van der Waals surface area contributed by atoms with E-state index in [4.69, 9.17) is 0 Å². The van der Waals surface area contributed by atoms with Gasteiger partial charge >= 0.3 is 0 Å². The quantitative estimate of drug-likeness (QED) is 0.638. The van der Waals surface area contributed by atoms with Crippen LogP contribution in [0.3, 0.4) is 0 Å². The molecule has 2 nitrogen and oxygen atoms in total. The first-order valence-electron chi connectivity index (χ1n) is 2.65. The SMILES string of the molecule is CC(C)(O)c1[c]nsc1. The van der Waals surface area contributed by atoms with Gasteiger partial charge in [-0.05, 0) is 25.4 Å². The molecule has 0 bridgehead atoms. The van der Waals surface area contributed by atoms with Crippen molar-refractivity contribution in [3.63, 3.8) is 0 Å². The molecule has 3 heteroatoms. The van der Waals surface area contributed by atoms with Crippen LogP contribution in [0, 0.1) is 6.20 Å². The van der Waals surface area contributed by atoms with Crippen molar-refractivity contribution in [2.45, 2.75) is 19.4 Å². The average Bonchev–Trinajstić information content (AvgIpc) is 2.08. The molecule has 49 valence electrons. The minimum Gasteiger partial charge on any atom is -0.386 e. The highest BCUT2D eigenvalue weighted by Gasteiger charge is 2.16. The van der Waals surface area contributed by atoms with E-state index in [1.54, 1.807) is 19.2 Å². The summed E-state index contributed by atoms with van der Waals surface area (Å²) in [7, 11) is 0. The molecule has 0 unspecified atom stereocenters. The summed E-state index contributed by atoms with van der Waals surface area (Å²) in [6.07, 6.45) is 2.70. The van der Waals surface area contributed by atoms with Crippen molar-refractivity contribution in [3.8, 4) is 0 Å². The number of aromatic nitrogens is 1. The van der Waals surface area contributed by atoms with Crippen LogP contribution in [0.25, 0.3) is 0 Å². The summed E-state index contributed by atoms with van der Waals surface area (Å²) in [5, 5.41) is 11.1. The summed E-state index contributed by atoms with van der Waals surface area (Å²) in [5.74, 6) is 0. The lowest BCUT2D eigenvalue weighted by atomic mass is 10.0. The summed E-state index contributed by atoms with van der Waals surface area (Å²) in [5.41, 5.74) is -0.0278. The van der Waals surface area contributed by atoms with Gasteiger partial charge in [-0.15, -0.1) is 0 Å². The number of hydrogen-bond acceptors (Lipinski definition) is 3. The van der Waals surface area contributed by atoms with E-state index in [0.29, 0.717) is 0 Å². The molecular weight excluding hydrogens is 134 g/mol. The van der Waals surface area contributed by atoms with Crippen LogP contribution in [0.5, 0.6) is 0 Å². The van der Waals surface area contributed by atoms with E-state index in [1.807, 2.05) is 0 Å². The minimum absolute atomic E-state index is 0.757. The Morgan fingerprint density at radius 1 is 1.78 bits per heavy atom. The summed E-state index contributed by atoms with van der Waals surface area (Å²) >= 11 is 1.30. The maximum absolute atomic E-state index is 9.31. The Labute approximate surface area is 58.3 Å². The van der Waals surface area contributed by atoms with Crippen LogP contribution >= 0.6 is 11.5 Å². The van der Waals surface area contributed by atoms with Gasteiger partial charge in [0.2, 0.25) is 0 Å². The monoisotopic (exact) mass is 142 g/mol. The molecular formula is C6H8NOS. The molecule has 0 aromatic carbocycles. The van der Waals surface area contributed by atoms with E-state index in [2.05, 4.69) is 10.6 Å². The number of nitrogens with zero attached hydrogens (tertiary/aromatic N) is 1. The van der Waals surface area contributed by atoms with Gasteiger partial charge in [0, 0.05) is 10.9 Å². The second-order valence-corrected chi connectivity index (χ2v) is 3.03. The Kier molecular flexibility index (Phi) is 1.55. The molecule has 1 aromatic heterocycles. The average molecular weight is 142 g/mol. The van der Waals surface area contributed by atoms with Gasteiger partial charge in [0.1, 0.15) is 6.20 Å². The highest BCUT2D eigenvalue weighted by molar-refractivity contribution is 7.03. The van der Waals surface area contributed by atoms with Crippen molar-refractivity contribution in [2.75, 3.05) is 0 Å². The first-order valence-corrected chi connectivity index (χ1v) is 3.49. The molecule has 0 aliphatic heterocycles. The molecule has 1 aromatic rings. The van der Waals surface area contributed by atoms with Gasteiger partial charge in [0.05, 0.1) is 5.60 Å². The Hall–Kier alpha value is -0.410. The molecule has 0 saturated heterocycles. The van der Waals surface area contributed by atoms with E-state index in [0.717, 1.165) is 5.56 Å². The first-order chi connectivity index (χ1) is 4.11. The smallest absolute Gasteiger partial charge is 0.110 e. The number of aliphatic hydroxyl groups is 1. The van der Waals surface area contributed by atoms with E-state index < -0.39 is 5.60 Å². The normalized spacial score (nSPS) is 11.9. The van der Waals surface area contributed by atoms with Crippen molar-refractivity contribution in [3.05, 3.63) is 17.1 Å². The fraction of sp³-hybridized carbons (Fsp3) is 0.500. The van der Waals surface area contributed by atoms with Crippen LogP contribution in [0.1, 0.15) is 19.4 Å². The fourth-order valence-electron chi connectivity index (χ4n) is 0.462. The first kappa shape index (κ1) is 6.71. The molecule has 1 N–H and O–H groups in total. The Bertz CT molecular complexity index is 175. The third-order valence-corrected chi connectivity index (χ3v) is 1.59. The molecule has 0 atom stereocenters. The van der Waals surface area contributed by atoms with Crippen molar-refractivity contribution < 1.29 is 5.11 Å². The number of hydrogen-bond donors (Lipinski definition) is 1. The van der Waals surface area contributed by atoms with Gasteiger partial charge in [-0.3, -0.25) is 0 Å². The Morgan fingerprint density at radius 2 is 2.44 bits per heavy atom. The second-order valence-electron chi connectivity index (χ2n) is 2.40. The van der Waals surface area contributed by atoms with Gasteiger partial charge in [0.15, 0.2) is 0 Å². The van der Waals surface area contributed by atoms with E-state index >= 15 is 0 Å². The highest BCUT2D eigenvalue weighted by atomic mass is 32.1. The zero-order valence-electron chi connectivity index (χ0n) is 5.38. The predicted octanol–water partition coefficient (Wildman–Crippen LogP) is 1.17. The van der Waals surface area contributed by atoms with Gasteiger partial charge in [0.25, 0.3) is 0 Å². The van der Waals surface area contributed by atoms with E-state index in [-0.39, 0.29) is 0 Å². The molecule has 0 fully saturated rings. The van der Waals surface area contributed by atoms with Crippen LogP contribution in [0.2, 0.25) is 0 Å². The standard InChI is InChI=1S/C6H8NOS/c1-6(2,8)5-3-7-9-4-5/h4,8H,1-2H3. The van der Waals surface area contributed by atoms with Crippen molar-refractivity contribution in [1.29, 1.82) is 0 Å². The molecule has 9 heavy (non-hydrogen) atoms. The predicted molar refractivity (Wildman–Crippen MR) is 36.2 cm³/mol. The Morgan fingerprint density at radius 3 is 2.67 bits per heavy atom. The summed E-state index contributed by atoms with van der Waals surface area (Å²) in [6, 6.07) is 0. The molecule has 0 amide bonds. The third kappa shape index (κ3) is 1.50. The lowest BCUT2D eigenvalue weighted by molar-refractivity contribution is 0.0786. The van der Waals surface area contributed by atoms with Crippen LogP contribution in [0.4, 0.5) is 0 Å². The summed E-state index contributed by atoms with van der Waals surface area (Å²) in [6.45, 7) is 3.43. The molecule has 1 heterocycles. The van der Waals surface area contributed by atoms with Gasteiger partial charge in [-0.2, -0.15) is 4.37 Å².